The average molecular weight is 379 g/mol. The normalized spacial score (nSPS) is 14.4. The van der Waals surface area contributed by atoms with Crippen LogP contribution >= 0.6 is 0 Å². The quantitative estimate of drug-likeness (QED) is 0.574. The Balaban J connectivity index is 1.59. The number of nitrogens with one attached hydrogen (secondary N) is 2. The van der Waals surface area contributed by atoms with Gasteiger partial charge in [-0.3, -0.25) is 4.79 Å². The lowest BCUT2D eigenvalue weighted by molar-refractivity contribution is -0.128. The molecule has 5 nitrogen and oxygen atoms in total. The van der Waals surface area contributed by atoms with E-state index < -0.39 is 0 Å². The van der Waals surface area contributed by atoms with Crippen molar-refractivity contribution in [2.24, 2.45) is 4.99 Å². The summed E-state index contributed by atoms with van der Waals surface area (Å²) in [7, 11) is 0. The number of hydrogen-bond donors (Lipinski definition) is 2. The van der Waals surface area contributed by atoms with Crippen LogP contribution < -0.4 is 10.6 Å². The standard InChI is InChI=1S/C23H30N4O/c1-3-24-23(25-15-19-11-9-18(2)10-12-19)26-16-20-6-4-7-21(14-20)17-27-13-5-8-22(27)28/h4,6-7,9-12,14H,3,5,8,13,15-17H2,1-2H3,(H2,24,25,26). The highest BCUT2D eigenvalue weighted by molar-refractivity contribution is 5.79. The lowest BCUT2D eigenvalue weighted by atomic mass is 10.1. The number of amides is 1. The molecule has 1 saturated heterocycles. The number of hydrogen-bond acceptors (Lipinski definition) is 2. The lowest BCUT2D eigenvalue weighted by Gasteiger charge is -2.16. The van der Waals surface area contributed by atoms with Crippen LogP contribution in [0.25, 0.3) is 0 Å². The van der Waals surface area contributed by atoms with E-state index in [1.165, 1.54) is 16.7 Å². The Bertz CT molecular complexity index is 814. The van der Waals surface area contributed by atoms with Gasteiger partial charge >= 0.3 is 0 Å². The second-order valence-electron chi connectivity index (χ2n) is 7.27. The molecule has 1 amide bonds. The molecule has 0 saturated carbocycles. The van der Waals surface area contributed by atoms with Gasteiger partial charge in [-0.15, -0.1) is 0 Å². The second-order valence-corrected chi connectivity index (χ2v) is 7.27. The van der Waals surface area contributed by atoms with Gasteiger partial charge in [-0.1, -0.05) is 54.1 Å². The molecule has 0 atom stereocenters. The highest BCUT2D eigenvalue weighted by Gasteiger charge is 2.19. The van der Waals surface area contributed by atoms with Gasteiger partial charge in [0.05, 0.1) is 6.54 Å². The number of rotatable bonds is 7. The predicted molar refractivity (Wildman–Crippen MR) is 114 cm³/mol. The average Bonchev–Trinajstić information content (AvgIpc) is 3.10. The van der Waals surface area contributed by atoms with Gasteiger partial charge in [0.15, 0.2) is 5.96 Å². The summed E-state index contributed by atoms with van der Waals surface area (Å²) < 4.78 is 0. The van der Waals surface area contributed by atoms with Gasteiger partial charge in [-0.2, -0.15) is 0 Å². The molecule has 2 aromatic rings. The van der Waals surface area contributed by atoms with Crippen molar-refractivity contribution < 1.29 is 4.79 Å². The summed E-state index contributed by atoms with van der Waals surface area (Å²) in [6, 6.07) is 16.9. The number of guanidine groups is 1. The summed E-state index contributed by atoms with van der Waals surface area (Å²) in [4.78, 5) is 18.5. The van der Waals surface area contributed by atoms with E-state index in [0.717, 1.165) is 37.6 Å². The minimum absolute atomic E-state index is 0.262. The second kappa shape index (κ2) is 9.93. The zero-order valence-electron chi connectivity index (χ0n) is 16.9. The third-order valence-electron chi connectivity index (χ3n) is 4.88. The van der Waals surface area contributed by atoms with Crippen molar-refractivity contribution in [1.82, 2.24) is 15.5 Å². The number of likely N-dealkylation sites (tertiary alicyclic amines) is 1. The largest absolute Gasteiger partial charge is 0.357 e. The smallest absolute Gasteiger partial charge is 0.222 e. The fourth-order valence-corrected chi connectivity index (χ4v) is 3.32. The van der Waals surface area contributed by atoms with Crippen molar-refractivity contribution in [1.29, 1.82) is 0 Å². The molecule has 3 rings (SSSR count). The molecule has 0 radical (unpaired) electrons. The molecule has 1 heterocycles. The molecule has 0 bridgehead atoms. The first-order valence-corrected chi connectivity index (χ1v) is 10.1. The van der Waals surface area contributed by atoms with Crippen LogP contribution in [0.1, 0.15) is 42.0 Å². The Morgan fingerprint density at radius 1 is 1.07 bits per heavy atom. The topological polar surface area (TPSA) is 56.7 Å². The predicted octanol–water partition coefficient (Wildman–Crippen LogP) is 3.37. The van der Waals surface area contributed by atoms with Gasteiger partial charge in [0.25, 0.3) is 0 Å². The lowest BCUT2D eigenvalue weighted by Crippen LogP contribution is -2.36. The van der Waals surface area contributed by atoms with E-state index in [0.29, 0.717) is 19.5 Å². The van der Waals surface area contributed by atoms with Gasteiger partial charge < -0.3 is 15.5 Å². The molecule has 0 spiro atoms. The summed E-state index contributed by atoms with van der Waals surface area (Å²) in [5.41, 5.74) is 4.81. The highest BCUT2D eigenvalue weighted by Crippen LogP contribution is 2.15. The number of nitrogens with zero attached hydrogens (tertiary/aromatic N) is 2. The maximum atomic E-state index is 11.8. The van der Waals surface area contributed by atoms with Gasteiger partial charge in [-0.25, -0.2) is 4.99 Å². The zero-order valence-corrected chi connectivity index (χ0v) is 16.9. The fourth-order valence-electron chi connectivity index (χ4n) is 3.32. The van der Waals surface area contributed by atoms with Crippen LogP contribution in [-0.4, -0.2) is 29.9 Å². The molecule has 148 valence electrons. The summed E-state index contributed by atoms with van der Waals surface area (Å²) in [5.74, 6) is 1.07. The summed E-state index contributed by atoms with van der Waals surface area (Å²) in [5, 5.41) is 6.69. The monoisotopic (exact) mass is 378 g/mol. The molecule has 1 aliphatic rings. The van der Waals surface area contributed by atoms with Crippen LogP contribution in [0.4, 0.5) is 0 Å². The first-order chi connectivity index (χ1) is 13.6. The van der Waals surface area contributed by atoms with Gasteiger partial charge in [0.1, 0.15) is 0 Å². The molecule has 5 heteroatoms. The van der Waals surface area contributed by atoms with E-state index in [2.05, 4.69) is 66.9 Å². The Morgan fingerprint density at radius 2 is 1.86 bits per heavy atom. The minimum Gasteiger partial charge on any atom is -0.357 e. The van der Waals surface area contributed by atoms with Crippen molar-refractivity contribution in [2.75, 3.05) is 13.1 Å². The molecule has 0 unspecified atom stereocenters. The van der Waals surface area contributed by atoms with Gasteiger partial charge in [-0.05, 0) is 37.0 Å². The highest BCUT2D eigenvalue weighted by atomic mass is 16.2. The van der Waals surface area contributed by atoms with E-state index in [1.54, 1.807) is 0 Å². The molecule has 28 heavy (non-hydrogen) atoms. The zero-order chi connectivity index (χ0) is 19.8. The molecule has 0 aromatic heterocycles. The fraction of sp³-hybridized carbons (Fsp3) is 0.391. The van der Waals surface area contributed by atoms with Gasteiger partial charge in [0.2, 0.25) is 5.91 Å². The van der Waals surface area contributed by atoms with Crippen molar-refractivity contribution in [3.8, 4) is 0 Å². The summed E-state index contributed by atoms with van der Waals surface area (Å²) in [6.07, 6.45) is 1.66. The number of carbonyl (C=O) groups excluding carboxylic acids is 1. The van der Waals surface area contributed by atoms with Crippen LogP contribution in [0, 0.1) is 6.92 Å². The van der Waals surface area contributed by atoms with Gasteiger partial charge in [0, 0.05) is 32.6 Å². The molecule has 1 aliphatic heterocycles. The third-order valence-corrected chi connectivity index (χ3v) is 4.88. The van der Waals surface area contributed by atoms with E-state index in [-0.39, 0.29) is 5.91 Å². The van der Waals surface area contributed by atoms with Crippen LogP contribution in [-0.2, 0) is 24.4 Å². The Kier molecular flexibility index (Phi) is 7.06. The Hall–Kier alpha value is -2.82. The van der Waals surface area contributed by atoms with Crippen molar-refractivity contribution in [3.63, 3.8) is 0 Å². The first-order valence-electron chi connectivity index (χ1n) is 10.1. The molecule has 0 aliphatic carbocycles. The molecule has 2 aromatic carbocycles. The molecular weight excluding hydrogens is 348 g/mol. The van der Waals surface area contributed by atoms with E-state index in [4.69, 9.17) is 4.99 Å². The SMILES string of the molecule is CCNC(=NCc1cccc(CN2CCCC2=O)c1)NCc1ccc(C)cc1. The third kappa shape index (κ3) is 5.84. The van der Waals surface area contributed by atoms with Crippen molar-refractivity contribution in [2.45, 2.75) is 46.3 Å². The maximum Gasteiger partial charge on any atom is 0.222 e. The molecule has 1 fully saturated rings. The van der Waals surface area contributed by atoms with Crippen molar-refractivity contribution >= 4 is 11.9 Å². The number of benzene rings is 2. The maximum absolute atomic E-state index is 11.8. The number of aliphatic imine (C=N–C) groups is 1. The first kappa shape index (κ1) is 19.9. The minimum atomic E-state index is 0.262. The Labute approximate surface area is 167 Å². The van der Waals surface area contributed by atoms with E-state index in [1.807, 2.05) is 11.0 Å². The summed E-state index contributed by atoms with van der Waals surface area (Å²) in [6.45, 7) is 7.88. The number of aryl methyl sites for hydroxylation is 1. The van der Waals surface area contributed by atoms with Crippen LogP contribution in [0.3, 0.4) is 0 Å². The van der Waals surface area contributed by atoms with E-state index >= 15 is 0 Å². The van der Waals surface area contributed by atoms with Crippen LogP contribution in [0.5, 0.6) is 0 Å². The molecule has 2 N–H and O–H groups in total. The van der Waals surface area contributed by atoms with Crippen molar-refractivity contribution in [3.05, 3.63) is 70.8 Å². The molecular formula is C23H30N4O. The van der Waals surface area contributed by atoms with Crippen LogP contribution in [0.15, 0.2) is 53.5 Å². The number of carbonyl (C=O) groups is 1. The Morgan fingerprint density at radius 3 is 2.57 bits per heavy atom. The summed E-state index contributed by atoms with van der Waals surface area (Å²) >= 11 is 0. The van der Waals surface area contributed by atoms with E-state index in [9.17, 15) is 4.79 Å². The van der Waals surface area contributed by atoms with Crippen LogP contribution in [0.2, 0.25) is 0 Å².